The quantitative estimate of drug-likeness (QED) is 0.668. The van der Waals surface area contributed by atoms with Crippen molar-refractivity contribution in [3.63, 3.8) is 0 Å². The lowest BCUT2D eigenvalue weighted by Crippen LogP contribution is -2.39. The summed E-state index contributed by atoms with van der Waals surface area (Å²) in [5, 5.41) is 0.741. The summed E-state index contributed by atoms with van der Waals surface area (Å²) in [5.41, 5.74) is 5.22. The highest BCUT2D eigenvalue weighted by Crippen LogP contribution is 2.08. The molecule has 0 atom stereocenters. The van der Waals surface area contributed by atoms with E-state index in [1.807, 2.05) is 0 Å². The summed E-state index contributed by atoms with van der Waals surface area (Å²) in [4.78, 5) is 15.4. The van der Waals surface area contributed by atoms with Gasteiger partial charge in [-0.3, -0.25) is 20.6 Å². The van der Waals surface area contributed by atoms with Crippen molar-refractivity contribution >= 4 is 22.8 Å². The first-order valence-electron chi connectivity index (χ1n) is 4.13. The number of nitrogens with one attached hydrogen (secondary N) is 2. The number of thioether (sulfide) groups is 1. The minimum absolute atomic E-state index is 0.279. The van der Waals surface area contributed by atoms with E-state index in [4.69, 9.17) is 4.42 Å². The second-order valence-electron chi connectivity index (χ2n) is 2.59. The summed E-state index contributed by atoms with van der Waals surface area (Å²) in [6.45, 7) is 0.795. The van der Waals surface area contributed by atoms with Crippen molar-refractivity contribution in [2.45, 2.75) is 0 Å². The molecule has 6 heteroatoms. The number of carbonyl (C=O) groups excluding carboxylic acids is 1. The fourth-order valence-electron chi connectivity index (χ4n) is 0.990. The summed E-state index contributed by atoms with van der Waals surface area (Å²) in [6.07, 6.45) is 1.46. The lowest BCUT2D eigenvalue weighted by molar-refractivity contribution is 0.0916. The molecule has 2 rings (SSSR count). The zero-order valence-corrected chi connectivity index (χ0v) is 8.13. The van der Waals surface area contributed by atoms with Gasteiger partial charge in [-0.2, -0.15) is 0 Å². The summed E-state index contributed by atoms with van der Waals surface area (Å²) < 4.78 is 4.91. The smallest absolute Gasteiger partial charge is 0.305 e. The third-order valence-electron chi connectivity index (χ3n) is 1.61. The maximum Gasteiger partial charge on any atom is 0.305 e. The Labute approximate surface area is 84.9 Å². The minimum Gasteiger partial charge on any atom is -0.459 e. The monoisotopic (exact) mass is 211 g/mol. The van der Waals surface area contributed by atoms with Crippen LogP contribution in [0.25, 0.3) is 0 Å². The Morgan fingerprint density at radius 3 is 3.21 bits per heavy atom. The van der Waals surface area contributed by atoms with Gasteiger partial charge in [0.25, 0.3) is 0 Å². The van der Waals surface area contributed by atoms with Crippen LogP contribution in [-0.2, 0) is 0 Å². The fourth-order valence-corrected chi connectivity index (χ4v) is 1.67. The van der Waals surface area contributed by atoms with Crippen LogP contribution in [0.1, 0.15) is 10.6 Å². The molecule has 0 saturated carbocycles. The molecule has 5 nitrogen and oxygen atoms in total. The summed E-state index contributed by atoms with van der Waals surface area (Å²) in [5.74, 6) is 0.935. The van der Waals surface area contributed by atoms with Crippen molar-refractivity contribution in [2.75, 3.05) is 12.3 Å². The molecule has 74 valence electrons. The Hall–Kier alpha value is -1.43. The van der Waals surface area contributed by atoms with Crippen LogP contribution in [0, 0.1) is 0 Å². The Bertz CT molecular complexity index is 347. The molecule has 1 aliphatic heterocycles. The molecule has 0 radical (unpaired) electrons. The highest BCUT2D eigenvalue weighted by atomic mass is 32.2. The maximum atomic E-state index is 11.3. The third-order valence-corrected chi connectivity index (χ3v) is 2.50. The highest BCUT2D eigenvalue weighted by molar-refractivity contribution is 8.14. The molecular weight excluding hydrogens is 202 g/mol. The highest BCUT2D eigenvalue weighted by Gasteiger charge is 2.10. The van der Waals surface area contributed by atoms with Gasteiger partial charge in [0, 0.05) is 5.75 Å². The van der Waals surface area contributed by atoms with Gasteiger partial charge in [0.1, 0.15) is 0 Å². The Morgan fingerprint density at radius 1 is 1.64 bits per heavy atom. The molecule has 1 aromatic rings. The summed E-state index contributed by atoms with van der Waals surface area (Å²) in [7, 11) is 0. The van der Waals surface area contributed by atoms with Gasteiger partial charge in [-0.1, -0.05) is 11.8 Å². The fraction of sp³-hybridized carbons (Fsp3) is 0.250. The summed E-state index contributed by atoms with van der Waals surface area (Å²) in [6, 6.07) is 3.26. The lowest BCUT2D eigenvalue weighted by Gasteiger charge is -2.04. The third kappa shape index (κ3) is 2.08. The Kier molecular flexibility index (Phi) is 2.73. The molecule has 0 aromatic carbocycles. The molecule has 0 unspecified atom stereocenters. The van der Waals surface area contributed by atoms with Crippen molar-refractivity contribution < 1.29 is 9.21 Å². The lowest BCUT2D eigenvalue weighted by atomic mass is 10.4. The number of rotatable bonds is 1. The first-order chi connectivity index (χ1) is 6.86. The van der Waals surface area contributed by atoms with E-state index in [0.29, 0.717) is 0 Å². The second-order valence-corrected chi connectivity index (χ2v) is 3.68. The molecule has 0 spiro atoms. The topological polar surface area (TPSA) is 66.6 Å². The molecular formula is C8H9N3O2S. The number of hydrazine groups is 1. The average molecular weight is 211 g/mol. The van der Waals surface area contributed by atoms with Crippen LogP contribution in [0.2, 0.25) is 0 Å². The molecule has 0 bridgehead atoms. The Morgan fingerprint density at radius 2 is 2.57 bits per heavy atom. The molecule has 0 saturated heterocycles. The number of aliphatic imine (C=N–C) groups is 1. The Balaban J connectivity index is 1.83. The number of amides is 1. The van der Waals surface area contributed by atoms with Crippen molar-refractivity contribution in [1.29, 1.82) is 0 Å². The number of hydrogen-bond donors (Lipinski definition) is 2. The van der Waals surface area contributed by atoms with E-state index in [0.717, 1.165) is 17.5 Å². The van der Waals surface area contributed by atoms with E-state index in [-0.39, 0.29) is 11.7 Å². The van der Waals surface area contributed by atoms with E-state index in [1.165, 1.54) is 6.26 Å². The summed E-state index contributed by atoms with van der Waals surface area (Å²) >= 11 is 1.58. The van der Waals surface area contributed by atoms with Gasteiger partial charge in [-0.05, 0) is 12.1 Å². The van der Waals surface area contributed by atoms with E-state index in [2.05, 4.69) is 15.8 Å². The van der Waals surface area contributed by atoms with Crippen LogP contribution in [0.15, 0.2) is 27.8 Å². The number of carbonyl (C=O) groups is 1. The predicted octanol–water partition coefficient (Wildman–Crippen LogP) is 0.617. The van der Waals surface area contributed by atoms with Gasteiger partial charge in [0.05, 0.1) is 12.8 Å². The number of hydrogen-bond acceptors (Lipinski definition) is 5. The van der Waals surface area contributed by atoms with E-state index in [1.54, 1.807) is 23.9 Å². The number of furan rings is 1. The molecule has 2 heterocycles. The van der Waals surface area contributed by atoms with Crippen molar-refractivity contribution in [1.82, 2.24) is 10.9 Å². The predicted molar refractivity (Wildman–Crippen MR) is 54.1 cm³/mol. The first-order valence-corrected chi connectivity index (χ1v) is 5.12. The van der Waals surface area contributed by atoms with E-state index < -0.39 is 0 Å². The van der Waals surface area contributed by atoms with Gasteiger partial charge in [0.2, 0.25) is 0 Å². The van der Waals surface area contributed by atoms with Crippen LogP contribution in [0.4, 0.5) is 0 Å². The minimum atomic E-state index is -0.301. The zero-order chi connectivity index (χ0) is 9.80. The van der Waals surface area contributed by atoms with Gasteiger partial charge in [-0.15, -0.1) is 0 Å². The van der Waals surface area contributed by atoms with Crippen LogP contribution >= 0.6 is 11.8 Å². The largest absolute Gasteiger partial charge is 0.459 e. The van der Waals surface area contributed by atoms with E-state index >= 15 is 0 Å². The molecule has 2 N–H and O–H groups in total. The van der Waals surface area contributed by atoms with Gasteiger partial charge in [0.15, 0.2) is 10.9 Å². The molecule has 14 heavy (non-hydrogen) atoms. The SMILES string of the molecule is O=C(NNC1=NCCS1)c1ccco1. The van der Waals surface area contributed by atoms with Gasteiger partial charge in [-0.25, -0.2) is 0 Å². The van der Waals surface area contributed by atoms with Crippen molar-refractivity contribution in [3.8, 4) is 0 Å². The zero-order valence-electron chi connectivity index (χ0n) is 7.32. The standard InChI is InChI=1S/C8H9N3O2S/c12-7(6-2-1-4-13-6)10-11-8-9-3-5-14-8/h1-2,4H,3,5H2,(H,9,11)(H,10,12). The molecule has 1 amide bonds. The van der Waals surface area contributed by atoms with Gasteiger partial charge >= 0.3 is 5.91 Å². The normalized spacial score (nSPS) is 15.0. The average Bonchev–Trinajstić information content (AvgIpc) is 2.87. The molecule has 1 aromatic heterocycles. The first kappa shape index (κ1) is 9.14. The second kappa shape index (κ2) is 4.19. The van der Waals surface area contributed by atoms with Crippen LogP contribution in [0.3, 0.4) is 0 Å². The molecule has 0 fully saturated rings. The van der Waals surface area contributed by atoms with E-state index in [9.17, 15) is 4.79 Å². The van der Waals surface area contributed by atoms with Crippen molar-refractivity contribution in [2.24, 2.45) is 4.99 Å². The molecule has 1 aliphatic rings. The molecule has 0 aliphatic carbocycles. The van der Waals surface area contributed by atoms with Crippen LogP contribution in [-0.4, -0.2) is 23.4 Å². The van der Waals surface area contributed by atoms with Crippen LogP contribution in [0.5, 0.6) is 0 Å². The maximum absolute atomic E-state index is 11.3. The number of amidine groups is 1. The van der Waals surface area contributed by atoms with Crippen LogP contribution < -0.4 is 10.9 Å². The van der Waals surface area contributed by atoms with Crippen molar-refractivity contribution in [3.05, 3.63) is 24.2 Å². The number of nitrogens with zero attached hydrogens (tertiary/aromatic N) is 1. The van der Waals surface area contributed by atoms with Gasteiger partial charge < -0.3 is 4.42 Å².